The molecule has 0 aliphatic rings. The molecule has 0 bridgehead atoms. The highest BCUT2D eigenvalue weighted by Gasteiger charge is 2.07. The molecule has 0 aliphatic heterocycles. The number of esters is 1. The number of nitrogens with one attached hydrogen (secondary N) is 1. The summed E-state index contributed by atoms with van der Waals surface area (Å²) in [6.07, 6.45) is 11.3. The molecule has 0 aromatic heterocycles. The van der Waals surface area contributed by atoms with Crippen LogP contribution in [0.2, 0.25) is 0 Å². The number of carbonyl (C=O) groups excluding carboxylic acids is 1. The molecule has 11 heteroatoms. The SMILES string of the molecule is CCCCCCCCc1ccc(OCCOCCOCCOCCOCCOCCOCCOCCOC(=O)c2ccc(NCCCC)cc2)cc1. The fourth-order valence-electron chi connectivity index (χ4n) is 4.91. The fourth-order valence-corrected chi connectivity index (χ4v) is 4.91. The first-order valence-corrected chi connectivity index (χ1v) is 19.5. The van der Waals surface area contributed by atoms with E-state index >= 15 is 0 Å². The lowest BCUT2D eigenvalue weighted by atomic mass is 10.0. The molecule has 0 unspecified atom stereocenters. The zero-order chi connectivity index (χ0) is 37.0. The third kappa shape index (κ3) is 26.1. The van der Waals surface area contributed by atoms with Gasteiger partial charge >= 0.3 is 5.97 Å². The lowest BCUT2D eigenvalue weighted by Crippen LogP contribution is -2.15. The van der Waals surface area contributed by atoms with Gasteiger partial charge in [0.25, 0.3) is 0 Å². The first-order valence-electron chi connectivity index (χ1n) is 19.5. The van der Waals surface area contributed by atoms with Crippen LogP contribution in [0.3, 0.4) is 0 Å². The first kappa shape index (κ1) is 45.4. The number of hydrogen-bond acceptors (Lipinski definition) is 11. The average Bonchev–Trinajstić information content (AvgIpc) is 3.17. The van der Waals surface area contributed by atoms with E-state index in [1.807, 2.05) is 24.3 Å². The number of benzene rings is 2. The van der Waals surface area contributed by atoms with Gasteiger partial charge in [0.15, 0.2) is 0 Å². The second-order valence-electron chi connectivity index (χ2n) is 12.3. The van der Waals surface area contributed by atoms with Gasteiger partial charge in [-0.3, -0.25) is 0 Å². The monoisotopic (exact) mass is 733 g/mol. The number of unbranched alkanes of at least 4 members (excludes halogenated alkanes) is 6. The summed E-state index contributed by atoms with van der Waals surface area (Å²) in [6.45, 7) is 12.7. The molecule has 52 heavy (non-hydrogen) atoms. The van der Waals surface area contributed by atoms with E-state index in [4.69, 9.17) is 42.6 Å². The van der Waals surface area contributed by atoms with E-state index in [-0.39, 0.29) is 12.6 Å². The van der Waals surface area contributed by atoms with Gasteiger partial charge in [0.1, 0.15) is 19.0 Å². The molecule has 2 aromatic carbocycles. The van der Waals surface area contributed by atoms with Crippen LogP contribution in [0.4, 0.5) is 5.69 Å². The van der Waals surface area contributed by atoms with Crippen LogP contribution in [0.25, 0.3) is 0 Å². The van der Waals surface area contributed by atoms with Gasteiger partial charge in [0, 0.05) is 12.2 Å². The van der Waals surface area contributed by atoms with E-state index in [1.165, 1.54) is 44.1 Å². The second-order valence-corrected chi connectivity index (χ2v) is 12.3. The Balaban J connectivity index is 1.23. The summed E-state index contributed by atoms with van der Waals surface area (Å²) in [5.41, 5.74) is 2.90. The molecule has 0 heterocycles. The zero-order valence-electron chi connectivity index (χ0n) is 32.1. The summed E-state index contributed by atoms with van der Waals surface area (Å²) in [5, 5.41) is 3.32. The third-order valence-corrected chi connectivity index (χ3v) is 7.91. The molecular formula is C41H67NO10. The normalized spacial score (nSPS) is 11.2. The van der Waals surface area contributed by atoms with Crippen LogP contribution in [0.15, 0.2) is 48.5 Å². The predicted molar refractivity (Wildman–Crippen MR) is 205 cm³/mol. The molecule has 2 aromatic rings. The van der Waals surface area contributed by atoms with Crippen LogP contribution in [0.5, 0.6) is 5.75 Å². The molecule has 2 rings (SSSR count). The van der Waals surface area contributed by atoms with Crippen LogP contribution in [0, 0.1) is 0 Å². The average molecular weight is 734 g/mol. The topological polar surface area (TPSA) is 112 Å². The van der Waals surface area contributed by atoms with E-state index in [0.29, 0.717) is 105 Å². The molecule has 0 atom stereocenters. The number of anilines is 1. The van der Waals surface area contributed by atoms with Crippen molar-refractivity contribution in [2.24, 2.45) is 0 Å². The van der Waals surface area contributed by atoms with Gasteiger partial charge in [-0.25, -0.2) is 4.79 Å². The van der Waals surface area contributed by atoms with Crippen molar-refractivity contribution in [3.63, 3.8) is 0 Å². The summed E-state index contributed by atoms with van der Waals surface area (Å²) < 4.78 is 49.7. The van der Waals surface area contributed by atoms with Crippen molar-refractivity contribution in [2.45, 2.75) is 71.6 Å². The zero-order valence-corrected chi connectivity index (χ0v) is 32.1. The van der Waals surface area contributed by atoms with E-state index in [0.717, 1.165) is 37.2 Å². The minimum Gasteiger partial charge on any atom is -0.491 e. The molecule has 11 nitrogen and oxygen atoms in total. The van der Waals surface area contributed by atoms with E-state index in [1.54, 1.807) is 12.1 Å². The fraction of sp³-hybridized carbons (Fsp3) is 0.683. The number of carbonyl (C=O) groups is 1. The molecule has 0 amide bonds. The molecule has 1 N–H and O–H groups in total. The molecular weight excluding hydrogens is 666 g/mol. The third-order valence-electron chi connectivity index (χ3n) is 7.91. The van der Waals surface area contributed by atoms with E-state index in [9.17, 15) is 4.79 Å². The highest BCUT2D eigenvalue weighted by molar-refractivity contribution is 5.89. The summed E-state index contributed by atoms with van der Waals surface area (Å²) in [4.78, 5) is 12.1. The quantitative estimate of drug-likeness (QED) is 0.0565. The second kappa shape index (κ2) is 34.0. The highest BCUT2D eigenvalue weighted by atomic mass is 16.6. The Morgan fingerprint density at radius 2 is 0.923 bits per heavy atom. The van der Waals surface area contributed by atoms with Crippen LogP contribution >= 0.6 is 0 Å². The largest absolute Gasteiger partial charge is 0.491 e. The molecule has 0 saturated heterocycles. The van der Waals surface area contributed by atoms with Crippen molar-refractivity contribution in [1.82, 2.24) is 0 Å². The van der Waals surface area contributed by atoms with Gasteiger partial charge in [-0.05, 0) is 61.2 Å². The van der Waals surface area contributed by atoms with Gasteiger partial charge in [-0.1, -0.05) is 64.5 Å². The van der Waals surface area contributed by atoms with Crippen molar-refractivity contribution in [3.05, 3.63) is 59.7 Å². The summed E-state index contributed by atoms with van der Waals surface area (Å²) in [7, 11) is 0. The summed E-state index contributed by atoms with van der Waals surface area (Å²) in [5.74, 6) is 0.524. The Morgan fingerprint density at radius 3 is 1.42 bits per heavy atom. The summed E-state index contributed by atoms with van der Waals surface area (Å²) in [6, 6.07) is 15.7. The van der Waals surface area contributed by atoms with E-state index < -0.39 is 0 Å². The number of rotatable bonds is 37. The molecule has 0 spiro atoms. The van der Waals surface area contributed by atoms with Gasteiger partial charge in [0.05, 0.1) is 98.1 Å². The van der Waals surface area contributed by atoms with Gasteiger partial charge in [-0.15, -0.1) is 0 Å². The molecule has 0 aliphatic carbocycles. The Bertz CT molecular complexity index is 1070. The number of hydrogen-bond donors (Lipinski definition) is 1. The summed E-state index contributed by atoms with van der Waals surface area (Å²) >= 11 is 0. The maximum atomic E-state index is 12.1. The molecule has 0 fully saturated rings. The van der Waals surface area contributed by atoms with Gasteiger partial charge in [0.2, 0.25) is 0 Å². The van der Waals surface area contributed by atoms with Crippen molar-refractivity contribution in [3.8, 4) is 5.75 Å². The Morgan fingerprint density at radius 1 is 0.481 bits per heavy atom. The molecule has 0 radical (unpaired) electrons. The predicted octanol–water partition coefficient (Wildman–Crippen LogP) is 7.15. The van der Waals surface area contributed by atoms with Crippen molar-refractivity contribution in [2.75, 3.05) is 118 Å². The van der Waals surface area contributed by atoms with Crippen molar-refractivity contribution < 1.29 is 47.4 Å². The Kier molecular flexibility index (Phi) is 29.7. The maximum absolute atomic E-state index is 12.1. The minimum atomic E-state index is -0.357. The van der Waals surface area contributed by atoms with Crippen molar-refractivity contribution in [1.29, 1.82) is 0 Å². The number of aryl methyl sites for hydroxylation is 1. The highest BCUT2D eigenvalue weighted by Crippen LogP contribution is 2.15. The van der Waals surface area contributed by atoms with Crippen LogP contribution in [0.1, 0.15) is 81.1 Å². The smallest absolute Gasteiger partial charge is 0.338 e. The van der Waals surface area contributed by atoms with Crippen LogP contribution in [-0.2, 0) is 44.3 Å². The van der Waals surface area contributed by atoms with Gasteiger partial charge in [-0.2, -0.15) is 0 Å². The van der Waals surface area contributed by atoms with Crippen molar-refractivity contribution >= 4 is 11.7 Å². The van der Waals surface area contributed by atoms with Crippen LogP contribution < -0.4 is 10.1 Å². The van der Waals surface area contributed by atoms with Crippen LogP contribution in [-0.4, -0.2) is 118 Å². The minimum absolute atomic E-state index is 0.194. The Labute approximate surface area is 313 Å². The lowest BCUT2D eigenvalue weighted by Gasteiger charge is -2.09. The Hall–Kier alpha value is -2.77. The number of ether oxygens (including phenoxy) is 9. The molecule has 0 saturated carbocycles. The van der Waals surface area contributed by atoms with Gasteiger partial charge < -0.3 is 47.9 Å². The first-order chi connectivity index (χ1) is 25.7. The molecule has 296 valence electrons. The standard InChI is InChI=1S/C41H67NO10/c1-3-5-7-8-9-10-11-37-12-18-40(19-13-37)51-35-33-49-31-29-47-27-25-45-23-21-44-22-24-46-26-28-48-30-32-50-34-36-52-41(43)38-14-16-39(17-15-38)42-20-6-4-2/h12-19,42H,3-11,20-36H2,1-2H3. The van der Waals surface area contributed by atoms with E-state index in [2.05, 4.69) is 31.3 Å². The maximum Gasteiger partial charge on any atom is 0.338 e. The lowest BCUT2D eigenvalue weighted by molar-refractivity contribution is -0.0228.